The van der Waals surface area contributed by atoms with Crippen LogP contribution in [0.4, 0.5) is 0 Å². The minimum atomic E-state index is 1.07. The Balaban J connectivity index is 1.79. The second-order valence-corrected chi connectivity index (χ2v) is 7.20. The van der Waals surface area contributed by atoms with E-state index >= 15 is 0 Å². The molecule has 0 nitrogen and oxygen atoms in total. The molecule has 5 rings (SSSR count). The Labute approximate surface area is 92.1 Å². The lowest BCUT2D eigenvalue weighted by Gasteiger charge is -2.26. The van der Waals surface area contributed by atoms with Crippen LogP contribution in [0, 0.1) is 47.3 Å². The molecule has 8 atom stereocenters. The van der Waals surface area contributed by atoms with Crippen molar-refractivity contribution < 1.29 is 0 Å². The van der Waals surface area contributed by atoms with Crippen molar-refractivity contribution in [2.45, 2.75) is 33.1 Å². The number of hydrogen-bond acceptors (Lipinski definition) is 0. The molecule has 4 bridgehead atoms. The van der Waals surface area contributed by atoms with Gasteiger partial charge in [-0.05, 0) is 80.5 Å². The molecule has 0 spiro atoms. The first-order chi connectivity index (χ1) is 7.27. The summed E-state index contributed by atoms with van der Waals surface area (Å²) < 4.78 is 0. The van der Waals surface area contributed by atoms with Crippen molar-refractivity contribution in [3.63, 3.8) is 0 Å². The van der Waals surface area contributed by atoms with Gasteiger partial charge in [-0.3, -0.25) is 0 Å². The average Bonchev–Trinajstić information content (AvgIpc) is 2.87. The summed E-state index contributed by atoms with van der Waals surface area (Å²) in [6, 6.07) is 0. The minimum absolute atomic E-state index is 1.07. The van der Waals surface area contributed by atoms with Gasteiger partial charge in [0.1, 0.15) is 0 Å². The summed E-state index contributed by atoms with van der Waals surface area (Å²) in [5.41, 5.74) is 3.66. The zero-order valence-corrected chi connectivity index (χ0v) is 9.74. The molecule has 0 amide bonds. The van der Waals surface area contributed by atoms with E-state index in [1.54, 1.807) is 24.8 Å². The lowest BCUT2D eigenvalue weighted by Crippen LogP contribution is -2.22. The first-order valence-electron chi connectivity index (χ1n) is 6.94. The Bertz CT molecular complexity index is 387. The summed E-state index contributed by atoms with van der Waals surface area (Å²) in [6.45, 7) is 4.76. The van der Waals surface area contributed by atoms with E-state index in [0.717, 1.165) is 17.8 Å². The van der Waals surface area contributed by atoms with Crippen LogP contribution in [0.1, 0.15) is 33.1 Å². The highest BCUT2D eigenvalue weighted by Gasteiger charge is 2.73. The van der Waals surface area contributed by atoms with Crippen LogP contribution in [0.3, 0.4) is 0 Å². The summed E-state index contributed by atoms with van der Waals surface area (Å²) in [4.78, 5) is 0. The smallest absolute Gasteiger partial charge is 0.0132 e. The van der Waals surface area contributed by atoms with E-state index in [0.29, 0.717) is 0 Å². The van der Waals surface area contributed by atoms with Crippen LogP contribution in [0.15, 0.2) is 11.1 Å². The van der Waals surface area contributed by atoms with Crippen molar-refractivity contribution in [1.29, 1.82) is 0 Å². The zero-order valence-electron chi connectivity index (χ0n) is 9.74. The Morgan fingerprint density at radius 1 is 0.933 bits per heavy atom. The highest BCUT2D eigenvalue weighted by Crippen LogP contribution is 2.80. The molecule has 80 valence electrons. The first-order valence-corrected chi connectivity index (χ1v) is 6.94. The molecule has 0 aromatic heterocycles. The molecular formula is C15H20. The Morgan fingerprint density at radius 3 is 2.53 bits per heavy atom. The molecule has 5 aliphatic rings. The van der Waals surface area contributed by atoms with Gasteiger partial charge in [-0.25, -0.2) is 0 Å². The van der Waals surface area contributed by atoms with Crippen molar-refractivity contribution in [3.05, 3.63) is 11.1 Å². The van der Waals surface area contributed by atoms with Crippen molar-refractivity contribution >= 4 is 0 Å². The number of fused-ring (bicyclic) bond motifs is 5. The quantitative estimate of drug-likeness (QED) is 0.525. The van der Waals surface area contributed by atoms with Gasteiger partial charge in [0, 0.05) is 0 Å². The van der Waals surface area contributed by atoms with Crippen LogP contribution in [-0.2, 0) is 0 Å². The van der Waals surface area contributed by atoms with Gasteiger partial charge in [-0.15, -0.1) is 0 Å². The standard InChI is InChI=1S/C15H20/c1-6(2)12-11-5-10-8-3-7-4-9(8)15(13(7)11)14(10)12/h7-11,13-15H,3-5H2,1-2H3. The summed E-state index contributed by atoms with van der Waals surface area (Å²) in [5, 5.41) is 0. The maximum absolute atomic E-state index is 2.38. The van der Waals surface area contributed by atoms with E-state index in [-0.39, 0.29) is 0 Å². The fourth-order valence-electron chi connectivity index (χ4n) is 7.14. The molecular weight excluding hydrogens is 180 g/mol. The molecule has 0 N–H and O–H groups in total. The number of rotatable bonds is 0. The first kappa shape index (κ1) is 7.92. The molecule has 8 unspecified atom stereocenters. The molecule has 0 aromatic rings. The van der Waals surface area contributed by atoms with Crippen LogP contribution >= 0.6 is 0 Å². The van der Waals surface area contributed by atoms with Crippen molar-refractivity contribution in [1.82, 2.24) is 0 Å². The fraction of sp³-hybridized carbons (Fsp3) is 0.867. The van der Waals surface area contributed by atoms with E-state index in [9.17, 15) is 0 Å². The van der Waals surface area contributed by atoms with Gasteiger partial charge in [0.15, 0.2) is 0 Å². The highest BCUT2D eigenvalue weighted by molar-refractivity contribution is 5.37. The SMILES string of the molecule is CC(C)=C1C2CC3C4CC5CC4C(C13)C52. The fourth-order valence-corrected chi connectivity index (χ4v) is 7.14. The summed E-state index contributed by atoms with van der Waals surface area (Å²) >= 11 is 0. The van der Waals surface area contributed by atoms with Crippen molar-refractivity contribution in [3.8, 4) is 0 Å². The molecule has 5 saturated carbocycles. The molecule has 0 aliphatic heterocycles. The molecule has 15 heavy (non-hydrogen) atoms. The van der Waals surface area contributed by atoms with E-state index in [2.05, 4.69) is 13.8 Å². The van der Waals surface area contributed by atoms with Crippen LogP contribution in [0.5, 0.6) is 0 Å². The lowest BCUT2D eigenvalue weighted by molar-refractivity contribution is 0.208. The second kappa shape index (κ2) is 2.08. The van der Waals surface area contributed by atoms with Gasteiger partial charge < -0.3 is 0 Å². The second-order valence-electron chi connectivity index (χ2n) is 7.20. The lowest BCUT2D eigenvalue weighted by atomic mass is 9.78. The van der Waals surface area contributed by atoms with Gasteiger partial charge in [0.05, 0.1) is 0 Å². The Kier molecular flexibility index (Phi) is 1.10. The molecule has 0 heteroatoms. The minimum Gasteiger partial charge on any atom is -0.0766 e. The summed E-state index contributed by atoms with van der Waals surface area (Å²) in [7, 11) is 0. The van der Waals surface area contributed by atoms with Crippen LogP contribution in [0.2, 0.25) is 0 Å². The van der Waals surface area contributed by atoms with E-state index in [1.807, 2.05) is 5.57 Å². The molecule has 0 radical (unpaired) electrons. The topological polar surface area (TPSA) is 0 Å². The number of allylic oxidation sites excluding steroid dienone is 2. The molecule has 0 saturated heterocycles. The van der Waals surface area contributed by atoms with E-state index in [1.165, 1.54) is 29.6 Å². The monoisotopic (exact) mass is 200 g/mol. The molecule has 5 fully saturated rings. The third-order valence-electron chi connectivity index (χ3n) is 6.94. The van der Waals surface area contributed by atoms with Crippen LogP contribution < -0.4 is 0 Å². The van der Waals surface area contributed by atoms with Crippen molar-refractivity contribution in [2.75, 3.05) is 0 Å². The van der Waals surface area contributed by atoms with Crippen molar-refractivity contribution in [2.24, 2.45) is 47.3 Å². The largest absolute Gasteiger partial charge is 0.0766 e. The zero-order chi connectivity index (χ0) is 9.89. The molecule has 5 aliphatic carbocycles. The average molecular weight is 200 g/mol. The van der Waals surface area contributed by atoms with Gasteiger partial charge in [0.2, 0.25) is 0 Å². The predicted octanol–water partition coefficient (Wildman–Crippen LogP) is 3.49. The Morgan fingerprint density at radius 2 is 1.73 bits per heavy atom. The van der Waals surface area contributed by atoms with E-state index in [4.69, 9.17) is 0 Å². The highest BCUT2D eigenvalue weighted by atomic mass is 14.8. The van der Waals surface area contributed by atoms with E-state index < -0.39 is 0 Å². The van der Waals surface area contributed by atoms with Crippen LogP contribution in [0.25, 0.3) is 0 Å². The predicted molar refractivity (Wildman–Crippen MR) is 60.1 cm³/mol. The van der Waals surface area contributed by atoms with Gasteiger partial charge in [-0.1, -0.05) is 11.1 Å². The molecule has 0 heterocycles. The van der Waals surface area contributed by atoms with Gasteiger partial charge >= 0.3 is 0 Å². The third-order valence-corrected chi connectivity index (χ3v) is 6.94. The summed E-state index contributed by atoms with van der Waals surface area (Å²) in [5.74, 6) is 9.20. The third kappa shape index (κ3) is 0.610. The number of hydrogen-bond donors (Lipinski definition) is 0. The molecule has 0 aromatic carbocycles. The normalized spacial score (nSPS) is 66.4. The maximum Gasteiger partial charge on any atom is -0.0132 e. The summed E-state index contributed by atoms with van der Waals surface area (Å²) in [6.07, 6.45) is 4.88. The van der Waals surface area contributed by atoms with Gasteiger partial charge in [0.25, 0.3) is 0 Å². The van der Waals surface area contributed by atoms with Crippen LogP contribution in [-0.4, -0.2) is 0 Å². The van der Waals surface area contributed by atoms with Gasteiger partial charge in [-0.2, -0.15) is 0 Å². The Hall–Kier alpha value is -0.260. The maximum atomic E-state index is 2.38.